The van der Waals surface area contributed by atoms with E-state index in [4.69, 9.17) is 5.73 Å². The first kappa shape index (κ1) is 14.3. The van der Waals surface area contributed by atoms with Crippen molar-refractivity contribution in [2.24, 2.45) is 17.6 Å². The third kappa shape index (κ3) is 2.73. The van der Waals surface area contributed by atoms with Gasteiger partial charge in [0.15, 0.2) is 0 Å². The Morgan fingerprint density at radius 2 is 1.94 bits per heavy atom. The summed E-state index contributed by atoms with van der Waals surface area (Å²) in [6.45, 7) is 10.5. The van der Waals surface area contributed by atoms with Crippen molar-refractivity contribution in [1.82, 2.24) is 9.80 Å². The Hall–Kier alpha value is -0.120. The molecule has 0 amide bonds. The smallest absolute Gasteiger partial charge is 0.0357 e. The standard InChI is InChI=1S/C15H31N3/c1-13-5-6-15(12-16,14(2)11-13)18-8-4-7-17(3)9-10-18/h13-14H,4-12,16H2,1-3H3. The Kier molecular flexibility index (Phi) is 4.68. The van der Waals surface area contributed by atoms with Crippen molar-refractivity contribution in [1.29, 1.82) is 0 Å². The zero-order valence-corrected chi connectivity index (χ0v) is 12.5. The Morgan fingerprint density at radius 1 is 1.17 bits per heavy atom. The number of hydrogen-bond acceptors (Lipinski definition) is 3. The normalized spacial score (nSPS) is 40.7. The minimum atomic E-state index is 0.289. The summed E-state index contributed by atoms with van der Waals surface area (Å²) in [5, 5.41) is 0. The van der Waals surface area contributed by atoms with Gasteiger partial charge in [0.05, 0.1) is 0 Å². The first-order valence-electron chi connectivity index (χ1n) is 7.72. The molecule has 1 aliphatic heterocycles. The fraction of sp³-hybridized carbons (Fsp3) is 1.00. The Morgan fingerprint density at radius 3 is 2.61 bits per heavy atom. The highest BCUT2D eigenvalue weighted by Crippen LogP contribution is 2.40. The van der Waals surface area contributed by atoms with E-state index < -0.39 is 0 Å². The molecule has 1 heterocycles. The minimum absolute atomic E-state index is 0.289. The number of rotatable bonds is 2. The fourth-order valence-corrected chi connectivity index (χ4v) is 4.08. The highest BCUT2D eigenvalue weighted by molar-refractivity contribution is 5.00. The predicted octanol–water partition coefficient (Wildman–Crippen LogP) is 1.78. The molecule has 2 aliphatic rings. The van der Waals surface area contributed by atoms with Crippen molar-refractivity contribution < 1.29 is 0 Å². The van der Waals surface area contributed by atoms with Gasteiger partial charge in [-0.2, -0.15) is 0 Å². The van der Waals surface area contributed by atoms with Crippen LogP contribution in [0.1, 0.15) is 39.5 Å². The molecule has 0 aromatic carbocycles. The lowest BCUT2D eigenvalue weighted by molar-refractivity contribution is 0.00272. The average molecular weight is 253 g/mol. The summed E-state index contributed by atoms with van der Waals surface area (Å²) in [5.41, 5.74) is 6.52. The first-order valence-corrected chi connectivity index (χ1v) is 7.72. The average Bonchev–Trinajstić information content (AvgIpc) is 2.56. The summed E-state index contributed by atoms with van der Waals surface area (Å²) >= 11 is 0. The van der Waals surface area contributed by atoms with Crippen LogP contribution in [0.4, 0.5) is 0 Å². The SMILES string of the molecule is CC1CCC(CN)(N2CCCN(C)CC2)C(C)C1. The van der Waals surface area contributed by atoms with Gasteiger partial charge in [-0.15, -0.1) is 0 Å². The third-order valence-corrected chi connectivity index (χ3v) is 5.45. The molecule has 2 N–H and O–H groups in total. The summed E-state index contributed by atoms with van der Waals surface area (Å²) in [5.74, 6) is 1.63. The molecule has 18 heavy (non-hydrogen) atoms. The van der Waals surface area contributed by atoms with E-state index in [1.54, 1.807) is 0 Å². The quantitative estimate of drug-likeness (QED) is 0.814. The lowest BCUT2D eigenvalue weighted by atomic mass is 9.69. The van der Waals surface area contributed by atoms with Crippen molar-refractivity contribution in [3.63, 3.8) is 0 Å². The van der Waals surface area contributed by atoms with Gasteiger partial charge >= 0.3 is 0 Å². The Balaban J connectivity index is 2.10. The van der Waals surface area contributed by atoms with Gasteiger partial charge in [-0.1, -0.05) is 13.8 Å². The van der Waals surface area contributed by atoms with E-state index in [2.05, 4.69) is 30.7 Å². The second-order valence-electron chi connectivity index (χ2n) is 6.73. The maximum atomic E-state index is 6.24. The summed E-state index contributed by atoms with van der Waals surface area (Å²) in [7, 11) is 2.24. The van der Waals surface area contributed by atoms with Crippen LogP contribution in [-0.2, 0) is 0 Å². The van der Waals surface area contributed by atoms with Gasteiger partial charge in [0, 0.05) is 31.7 Å². The maximum Gasteiger partial charge on any atom is 0.0357 e. The van der Waals surface area contributed by atoms with Crippen LogP contribution in [0.5, 0.6) is 0 Å². The zero-order valence-electron chi connectivity index (χ0n) is 12.5. The van der Waals surface area contributed by atoms with Gasteiger partial charge in [-0.25, -0.2) is 0 Å². The van der Waals surface area contributed by atoms with Gasteiger partial charge in [0.25, 0.3) is 0 Å². The van der Waals surface area contributed by atoms with Crippen LogP contribution >= 0.6 is 0 Å². The lowest BCUT2D eigenvalue weighted by Crippen LogP contribution is -2.60. The van der Waals surface area contributed by atoms with E-state index >= 15 is 0 Å². The second kappa shape index (κ2) is 5.89. The molecule has 0 radical (unpaired) electrons. The minimum Gasteiger partial charge on any atom is -0.329 e. The molecule has 2 rings (SSSR count). The molecule has 0 aromatic heterocycles. The van der Waals surface area contributed by atoms with Gasteiger partial charge in [0.2, 0.25) is 0 Å². The van der Waals surface area contributed by atoms with E-state index in [0.29, 0.717) is 0 Å². The molecule has 1 saturated heterocycles. The van der Waals surface area contributed by atoms with Gasteiger partial charge in [-0.05, 0) is 51.1 Å². The Labute approximate surface area is 113 Å². The van der Waals surface area contributed by atoms with Crippen molar-refractivity contribution >= 4 is 0 Å². The van der Waals surface area contributed by atoms with Crippen molar-refractivity contribution in [3.8, 4) is 0 Å². The van der Waals surface area contributed by atoms with Crippen LogP contribution in [0.3, 0.4) is 0 Å². The van der Waals surface area contributed by atoms with E-state index in [-0.39, 0.29) is 5.54 Å². The molecule has 0 spiro atoms. The molecule has 3 unspecified atom stereocenters. The van der Waals surface area contributed by atoms with E-state index in [1.165, 1.54) is 51.9 Å². The summed E-state index contributed by atoms with van der Waals surface area (Å²) < 4.78 is 0. The summed E-state index contributed by atoms with van der Waals surface area (Å²) in [6.07, 6.45) is 5.30. The number of likely N-dealkylation sites (N-methyl/N-ethyl adjacent to an activating group) is 1. The van der Waals surface area contributed by atoms with Gasteiger partial charge < -0.3 is 10.6 Å². The number of nitrogens with two attached hydrogens (primary N) is 1. The Bertz CT molecular complexity index is 268. The topological polar surface area (TPSA) is 32.5 Å². The summed E-state index contributed by atoms with van der Waals surface area (Å²) in [6, 6.07) is 0. The maximum absolute atomic E-state index is 6.24. The van der Waals surface area contributed by atoms with Crippen LogP contribution in [0.15, 0.2) is 0 Å². The highest BCUT2D eigenvalue weighted by Gasteiger charge is 2.43. The predicted molar refractivity (Wildman–Crippen MR) is 77.7 cm³/mol. The zero-order chi connectivity index (χ0) is 13.2. The van der Waals surface area contributed by atoms with Crippen LogP contribution < -0.4 is 5.73 Å². The molecule has 3 heteroatoms. The molecule has 0 bridgehead atoms. The molecule has 3 atom stereocenters. The number of hydrogen-bond donors (Lipinski definition) is 1. The molecular weight excluding hydrogens is 222 g/mol. The molecule has 1 saturated carbocycles. The van der Waals surface area contributed by atoms with Crippen molar-refractivity contribution in [2.45, 2.75) is 45.1 Å². The van der Waals surface area contributed by atoms with Crippen LogP contribution in [0, 0.1) is 11.8 Å². The van der Waals surface area contributed by atoms with Crippen molar-refractivity contribution in [2.75, 3.05) is 39.8 Å². The van der Waals surface area contributed by atoms with E-state index in [0.717, 1.165) is 18.4 Å². The molecular formula is C15H31N3. The summed E-state index contributed by atoms with van der Waals surface area (Å²) in [4.78, 5) is 5.19. The van der Waals surface area contributed by atoms with Gasteiger partial charge in [-0.3, -0.25) is 4.90 Å². The first-order chi connectivity index (χ1) is 8.58. The highest BCUT2D eigenvalue weighted by atomic mass is 15.3. The van der Waals surface area contributed by atoms with Gasteiger partial charge in [0.1, 0.15) is 0 Å². The molecule has 0 aromatic rings. The fourth-order valence-electron chi connectivity index (χ4n) is 4.08. The van der Waals surface area contributed by atoms with Crippen LogP contribution in [-0.4, -0.2) is 55.1 Å². The van der Waals surface area contributed by atoms with E-state index in [1.807, 2.05) is 0 Å². The number of nitrogens with zero attached hydrogens (tertiary/aromatic N) is 2. The van der Waals surface area contributed by atoms with Crippen LogP contribution in [0.25, 0.3) is 0 Å². The monoisotopic (exact) mass is 253 g/mol. The van der Waals surface area contributed by atoms with Crippen LogP contribution in [0.2, 0.25) is 0 Å². The lowest BCUT2D eigenvalue weighted by Gasteiger charge is -2.51. The molecule has 106 valence electrons. The second-order valence-corrected chi connectivity index (χ2v) is 6.73. The largest absolute Gasteiger partial charge is 0.329 e. The molecule has 1 aliphatic carbocycles. The van der Waals surface area contributed by atoms with E-state index in [9.17, 15) is 0 Å². The molecule has 3 nitrogen and oxygen atoms in total. The van der Waals surface area contributed by atoms with Crippen molar-refractivity contribution in [3.05, 3.63) is 0 Å². The third-order valence-electron chi connectivity index (χ3n) is 5.45. The molecule has 2 fully saturated rings.